The Hall–Kier alpha value is -2.54. The van der Waals surface area contributed by atoms with Crippen LogP contribution in [0.5, 0.6) is 0 Å². The lowest BCUT2D eigenvalue weighted by molar-refractivity contribution is -0.384. The smallest absolute Gasteiger partial charge is 0.270 e. The average molecular weight is 355 g/mol. The molecule has 0 amide bonds. The molecule has 0 aliphatic heterocycles. The lowest BCUT2D eigenvalue weighted by atomic mass is 9.96. The van der Waals surface area contributed by atoms with Crippen LogP contribution in [0.4, 0.5) is 11.5 Å². The predicted molar refractivity (Wildman–Crippen MR) is 102 cm³/mol. The minimum atomic E-state index is -0.403. The number of aryl methyl sites for hydroxylation is 1. The van der Waals surface area contributed by atoms with Gasteiger partial charge >= 0.3 is 0 Å². The van der Waals surface area contributed by atoms with Crippen LogP contribution in [-0.2, 0) is 0 Å². The molecule has 1 aromatic heterocycles. The summed E-state index contributed by atoms with van der Waals surface area (Å²) in [7, 11) is 4.26. The average Bonchev–Trinajstić information content (AvgIpc) is 3.10. The van der Waals surface area contributed by atoms with Gasteiger partial charge in [0.15, 0.2) is 5.82 Å². The first-order valence-corrected chi connectivity index (χ1v) is 8.91. The van der Waals surface area contributed by atoms with Crippen LogP contribution in [-0.4, -0.2) is 46.0 Å². The number of anilines is 1. The van der Waals surface area contributed by atoms with Crippen LogP contribution in [0.3, 0.4) is 0 Å². The summed E-state index contributed by atoms with van der Waals surface area (Å²) >= 11 is 0. The summed E-state index contributed by atoms with van der Waals surface area (Å²) in [5, 5.41) is 14.5. The Labute approximate surface area is 153 Å². The standard InChI is InChI=1S/C19H25N5O2/c1-14-11-17(20-13-19(23(2)3)9-4-5-10-19)22-18(21-14)15-7-6-8-16(12-15)24(25)26/h6-8,11-12H,4-5,9-10,13H2,1-3H3,(H,20,21,22). The molecule has 1 saturated carbocycles. The molecule has 0 spiro atoms. The molecule has 26 heavy (non-hydrogen) atoms. The highest BCUT2D eigenvalue weighted by Crippen LogP contribution is 2.34. The van der Waals surface area contributed by atoms with Crippen LogP contribution in [0.2, 0.25) is 0 Å². The number of hydrogen-bond acceptors (Lipinski definition) is 6. The molecule has 7 nitrogen and oxygen atoms in total. The molecule has 1 heterocycles. The largest absolute Gasteiger partial charge is 0.368 e. The van der Waals surface area contributed by atoms with E-state index in [1.165, 1.54) is 37.8 Å². The van der Waals surface area contributed by atoms with E-state index in [2.05, 4.69) is 34.3 Å². The number of hydrogen-bond donors (Lipinski definition) is 1. The fourth-order valence-electron chi connectivity index (χ4n) is 3.62. The van der Waals surface area contributed by atoms with E-state index in [1.54, 1.807) is 12.1 Å². The Bertz CT molecular complexity index is 800. The fraction of sp³-hybridized carbons (Fsp3) is 0.474. The van der Waals surface area contributed by atoms with E-state index < -0.39 is 4.92 Å². The van der Waals surface area contributed by atoms with Gasteiger partial charge in [0.05, 0.1) is 4.92 Å². The van der Waals surface area contributed by atoms with Gasteiger partial charge in [-0.15, -0.1) is 0 Å². The fourth-order valence-corrected chi connectivity index (χ4v) is 3.62. The van der Waals surface area contributed by atoms with E-state index in [1.807, 2.05) is 13.0 Å². The second-order valence-corrected chi connectivity index (χ2v) is 7.21. The molecule has 3 rings (SSSR count). The van der Waals surface area contributed by atoms with Crippen LogP contribution in [0.1, 0.15) is 31.4 Å². The van der Waals surface area contributed by atoms with Gasteiger partial charge in [-0.1, -0.05) is 25.0 Å². The van der Waals surface area contributed by atoms with Gasteiger partial charge in [0, 0.05) is 41.5 Å². The third-order valence-electron chi connectivity index (χ3n) is 5.25. The van der Waals surface area contributed by atoms with E-state index in [4.69, 9.17) is 0 Å². The minimum Gasteiger partial charge on any atom is -0.368 e. The molecule has 138 valence electrons. The minimum absolute atomic E-state index is 0.0413. The first kappa shape index (κ1) is 18.3. The third-order valence-corrected chi connectivity index (χ3v) is 5.25. The third kappa shape index (κ3) is 3.83. The van der Waals surface area contributed by atoms with Crippen molar-refractivity contribution < 1.29 is 4.92 Å². The highest BCUT2D eigenvalue weighted by atomic mass is 16.6. The molecule has 0 unspecified atom stereocenters. The van der Waals surface area contributed by atoms with Crippen LogP contribution < -0.4 is 5.32 Å². The quantitative estimate of drug-likeness (QED) is 0.629. The molecule has 1 fully saturated rings. The SMILES string of the molecule is Cc1cc(NCC2(N(C)C)CCCC2)nc(-c2cccc([N+](=O)[O-])c2)n1. The molecule has 1 aromatic carbocycles. The number of likely N-dealkylation sites (N-methyl/N-ethyl adjacent to an activating group) is 1. The zero-order chi connectivity index (χ0) is 18.7. The van der Waals surface area contributed by atoms with Crippen molar-refractivity contribution in [1.29, 1.82) is 0 Å². The van der Waals surface area contributed by atoms with Crippen LogP contribution in [0.15, 0.2) is 30.3 Å². The Morgan fingerprint density at radius 1 is 1.23 bits per heavy atom. The summed E-state index contributed by atoms with van der Waals surface area (Å²) in [4.78, 5) is 22.0. The molecule has 1 aliphatic rings. The zero-order valence-corrected chi connectivity index (χ0v) is 15.5. The topological polar surface area (TPSA) is 84.2 Å². The second-order valence-electron chi connectivity index (χ2n) is 7.21. The number of aromatic nitrogens is 2. The van der Waals surface area contributed by atoms with Crippen LogP contribution in [0.25, 0.3) is 11.4 Å². The lowest BCUT2D eigenvalue weighted by Gasteiger charge is -2.36. The molecule has 2 aromatic rings. The van der Waals surface area contributed by atoms with Crippen molar-refractivity contribution in [2.45, 2.75) is 38.1 Å². The van der Waals surface area contributed by atoms with E-state index >= 15 is 0 Å². The van der Waals surface area contributed by atoms with Crippen molar-refractivity contribution in [1.82, 2.24) is 14.9 Å². The van der Waals surface area contributed by atoms with E-state index in [0.717, 1.165) is 18.1 Å². The van der Waals surface area contributed by atoms with Gasteiger partial charge in [0.1, 0.15) is 5.82 Å². The summed E-state index contributed by atoms with van der Waals surface area (Å²) in [6.45, 7) is 2.73. The van der Waals surface area contributed by atoms with Gasteiger partial charge in [-0.3, -0.25) is 10.1 Å². The van der Waals surface area contributed by atoms with Crippen molar-refractivity contribution in [3.8, 4) is 11.4 Å². The normalized spacial score (nSPS) is 16.0. The molecule has 1 aliphatic carbocycles. The molecule has 1 N–H and O–H groups in total. The maximum absolute atomic E-state index is 11.0. The summed E-state index contributed by atoms with van der Waals surface area (Å²) < 4.78 is 0. The van der Waals surface area contributed by atoms with Gasteiger partial charge in [-0.25, -0.2) is 9.97 Å². The van der Waals surface area contributed by atoms with Gasteiger partial charge in [0.2, 0.25) is 0 Å². The summed E-state index contributed by atoms with van der Waals surface area (Å²) in [6, 6.07) is 8.35. The number of benzene rings is 1. The molecule has 0 radical (unpaired) electrons. The maximum Gasteiger partial charge on any atom is 0.270 e. The van der Waals surface area contributed by atoms with Gasteiger partial charge in [-0.05, 0) is 33.9 Å². The Morgan fingerprint density at radius 2 is 1.96 bits per heavy atom. The predicted octanol–water partition coefficient (Wildman–Crippen LogP) is 3.65. The molecule has 7 heteroatoms. The second kappa shape index (κ2) is 7.37. The molecular formula is C19H25N5O2. The first-order chi connectivity index (χ1) is 12.4. The first-order valence-electron chi connectivity index (χ1n) is 8.91. The molecular weight excluding hydrogens is 330 g/mol. The highest BCUT2D eigenvalue weighted by molar-refractivity contribution is 5.61. The number of nitrogens with zero attached hydrogens (tertiary/aromatic N) is 4. The number of nitro groups is 1. The van der Waals surface area contributed by atoms with Crippen molar-refractivity contribution >= 4 is 11.5 Å². The van der Waals surface area contributed by atoms with E-state index in [9.17, 15) is 10.1 Å². The maximum atomic E-state index is 11.0. The van der Waals surface area contributed by atoms with Gasteiger partial charge in [-0.2, -0.15) is 0 Å². The van der Waals surface area contributed by atoms with Crippen LogP contribution >= 0.6 is 0 Å². The number of rotatable bonds is 6. The zero-order valence-electron chi connectivity index (χ0n) is 15.5. The summed E-state index contributed by atoms with van der Waals surface area (Å²) in [5.41, 5.74) is 1.67. The number of nitrogens with one attached hydrogen (secondary N) is 1. The van der Waals surface area contributed by atoms with Gasteiger partial charge < -0.3 is 10.2 Å². The Morgan fingerprint density at radius 3 is 2.62 bits per heavy atom. The lowest BCUT2D eigenvalue weighted by Crippen LogP contribution is -2.47. The van der Waals surface area contributed by atoms with Crippen molar-refractivity contribution in [3.63, 3.8) is 0 Å². The molecule has 0 saturated heterocycles. The number of nitro benzene ring substituents is 1. The highest BCUT2D eigenvalue weighted by Gasteiger charge is 2.35. The van der Waals surface area contributed by atoms with Crippen molar-refractivity contribution in [3.05, 3.63) is 46.1 Å². The number of non-ortho nitro benzene ring substituents is 1. The Balaban J connectivity index is 1.84. The summed E-state index contributed by atoms with van der Waals surface area (Å²) in [5.74, 6) is 1.26. The summed E-state index contributed by atoms with van der Waals surface area (Å²) in [6.07, 6.45) is 4.85. The van der Waals surface area contributed by atoms with E-state index in [-0.39, 0.29) is 11.2 Å². The Kier molecular flexibility index (Phi) is 5.18. The van der Waals surface area contributed by atoms with Crippen molar-refractivity contribution in [2.75, 3.05) is 26.0 Å². The van der Waals surface area contributed by atoms with E-state index in [0.29, 0.717) is 11.4 Å². The van der Waals surface area contributed by atoms with Crippen molar-refractivity contribution in [2.24, 2.45) is 0 Å². The molecule has 0 atom stereocenters. The van der Waals surface area contributed by atoms with Crippen LogP contribution in [0, 0.1) is 17.0 Å². The monoisotopic (exact) mass is 355 g/mol. The molecule has 0 bridgehead atoms. The van der Waals surface area contributed by atoms with Gasteiger partial charge in [0.25, 0.3) is 5.69 Å².